The molecule has 19 heavy (non-hydrogen) atoms. The van der Waals surface area contributed by atoms with Gasteiger partial charge in [0.2, 0.25) is 0 Å². The molecule has 0 aromatic heterocycles. The summed E-state index contributed by atoms with van der Waals surface area (Å²) in [5.41, 5.74) is 1.08. The van der Waals surface area contributed by atoms with Gasteiger partial charge in [-0.25, -0.2) is 0 Å². The van der Waals surface area contributed by atoms with E-state index in [9.17, 15) is 9.90 Å². The molecule has 2 rings (SSSR count). The van der Waals surface area contributed by atoms with Crippen molar-refractivity contribution in [3.63, 3.8) is 0 Å². The Balaban J connectivity index is 2.18. The number of aliphatic carboxylic acids is 1. The molecule has 104 valence electrons. The molecule has 1 heterocycles. The molecule has 1 aromatic carbocycles. The molecule has 0 saturated heterocycles. The normalized spacial score (nSPS) is 16.6. The summed E-state index contributed by atoms with van der Waals surface area (Å²) in [6.07, 6.45) is 1.36. The fourth-order valence-electron chi connectivity index (χ4n) is 2.12. The molecule has 0 bridgehead atoms. The van der Waals surface area contributed by atoms with E-state index < -0.39 is 11.5 Å². The first-order valence-electron chi connectivity index (χ1n) is 6.39. The SMILES string of the molecule is CCC(C)(NCc1cc(Cl)cc2c1OCC2)C(=O)O. The number of fused-ring (bicyclic) bond motifs is 1. The first-order valence-corrected chi connectivity index (χ1v) is 6.76. The summed E-state index contributed by atoms with van der Waals surface area (Å²) in [7, 11) is 0. The second-order valence-corrected chi connectivity index (χ2v) is 5.43. The average Bonchev–Trinajstić information content (AvgIpc) is 2.83. The van der Waals surface area contributed by atoms with Gasteiger partial charge in [0.05, 0.1) is 6.61 Å². The Morgan fingerprint density at radius 3 is 2.95 bits per heavy atom. The first kappa shape index (κ1) is 14.2. The lowest BCUT2D eigenvalue weighted by Crippen LogP contribution is -2.48. The Bertz CT molecular complexity index is 504. The fraction of sp³-hybridized carbons (Fsp3) is 0.500. The Morgan fingerprint density at radius 2 is 2.32 bits per heavy atom. The molecule has 1 aliphatic rings. The van der Waals surface area contributed by atoms with E-state index in [4.69, 9.17) is 16.3 Å². The van der Waals surface area contributed by atoms with Crippen LogP contribution in [0.3, 0.4) is 0 Å². The molecule has 0 spiro atoms. The van der Waals surface area contributed by atoms with Crippen molar-refractivity contribution in [3.8, 4) is 5.75 Å². The monoisotopic (exact) mass is 283 g/mol. The molecule has 1 atom stereocenters. The number of nitrogens with one attached hydrogen (secondary N) is 1. The third-order valence-electron chi connectivity index (χ3n) is 3.67. The minimum Gasteiger partial charge on any atom is -0.493 e. The number of benzene rings is 1. The van der Waals surface area contributed by atoms with Crippen LogP contribution in [0.4, 0.5) is 0 Å². The molecule has 2 N–H and O–H groups in total. The van der Waals surface area contributed by atoms with Crippen LogP contribution in [0.2, 0.25) is 5.02 Å². The number of carbonyl (C=O) groups is 1. The molecular formula is C14H18ClNO3. The summed E-state index contributed by atoms with van der Waals surface area (Å²) in [4.78, 5) is 11.3. The van der Waals surface area contributed by atoms with Crippen LogP contribution in [0.5, 0.6) is 5.75 Å². The zero-order chi connectivity index (χ0) is 14.0. The van der Waals surface area contributed by atoms with Gasteiger partial charge in [-0.05, 0) is 31.0 Å². The third-order valence-corrected chi connectivity index (χ3v) is 3.89. The van der Waals surface area contributed by atoms with E-state index in [0.29, 0.717) is 24.6 Å². The summed E-state index contributed by atoms with van der Waals surface area (Å²) in [5.74, 6) is -0.00432. The van der Waals surface area contributed by atoms with Crippen LogP contribution >= 0.6 is 11.6 Å². The lowest BCUT2D eigenvalue weighted by atomic mass is 9.98. The Hall–Kier alpha value is -1.26. The molecule has 0 aliphatic carbocycles. The summed E-state index contributed by atoms with van der Waals surface area (Å²) < 4.78 is 5.60. The number of rotatable bonds is 5. The zero-order valence-electron chi connectivity index (χ0n) is 11.1. The molecule has 0 amide bonds. The lowest BCUT2D eigenvalue weighted by molar-refractivity contribution is -0.144. The van der Waals surface area contributed by atoms with Crippen molar-refractivity contribution < 1.29 is 14.6 Å². The van der Waals surface area contributed by atoms with E-state index in [1.807, 2.05) is 19.1 Å². The van der Waals surface area contributed by atoms with E-state index in [0.717, 1.165) is 23.3 Å². The zero-order valence-corrected chi connectivity index (χ0v) is 11.9. The number of ether oxygens (including phenoxy) is 1. The Morgan fingerprint density at radius 1 is 1.58 bits per heavy atom. The van der Waals surface area contributed by atoms with E-state index in [2.05, 4.69) is 5.32 Å². The van der Waals surface area contributed by atoms with E-state index >= 15 is 0 Å². The van der Waals surface area contributed by atoms with E-state index in [-0.39, 0.29) is 0 Å². The van der Waals surface area contributed by atoms with E-state index in [1.54, 1.807) is 6.92 Å². The molecular weight excluding hydrogens is 266 g/mol. The van der Waals surface area contributed by atoms with Crippen LogP contribution < -0.4 is 10.1 Å². The highest BCUT2D eigenvalue weighted by molar-refractivity contribution is 6.30. The van der Waals surface area contributed by atoms with Gasteiger partial charge in [-0.2, -0.15) is 0 Å². The first-order chi connectivity index (χ1) is 8.96. The summed E-state index contributed by atoms with van der Waals surface area (Å²) in [6.45, 7) is 4.62. The quantitative estimate of drug-likeness (QED) is 0.872. The maximum absolute atomic E-state index is 11.3. The highest BCUT2D eigenvalue weighted by Gasteiger charge is 2.30. The van der Waals surface area contributed by atoms with Crippen LogP contribution in [-0.4, -0.2) is 23.2 Å². The molecule has 0 fully saturated rings. The standard InChI is InChI=1S/C14H18ClNO3/c1-3-14(2,13(17)18)16-8-10-7-11(15)6-9-4-5-19-12(9)10/h6-7,16H,3-5,8H2,1-2H3,(H,17,18). The van der Waals surface area contributed by atoms with Gasteiger partial charge in [0.1, 0.15) is 11.3 Å². The lowest BCUT2D eigenvalue weighted by Gasteiger charge is -2.25. The van der Waals surface area contributed by atoms with Crippen molar-refractivity contribution in [2.45, 2.75) is 38.8 Å². The van der Waals surface area contributed by atoms with Crippen LogP contribution in [0.15, 0.2) is 12.1 Å². The maximum Gasteiger partial charge on any atom is 0.323 e. The average molecular weight is 284 g/mol. The van der Waals surface area contributed by atoms with Gasteiger partial charge in [-0.3, -0.25) is 10.1 Å². The van der Waals surface area contributed by atoms with Gasteiger partial charge in [0.15, 0.2) is 0 Å². The van der Waals surface area contributed by atoms with Crippen molar-refractivity contribution >= 4 is 17.6 Å². The predicted octanol–water partition coefficient (Wildman–Crippen LogP) is 2.62. The Kier molecular flexibility index (Phi) is 4.02. The fourth-order valence-corrected chi connectivity index (χ4v) is 2.38. The summed E-state index contributed by atoms with van der Waals surface area (Å²) in [5, 5.41) is 13.0. The van der Waals surface area contributed by atoms with Gasteiger partial charge in [-0.15, -0.1) is 0 Å². The number of carboxylic acids is 1. The van der Waals surface area contributed by atoms with Crippen LogP contribution in [0, 0.1) is 0 Å². The third kappa shape index (κ3) is 2.85. The van der Waals surface area contributed by atoms with Crippen LogP contribution in [0.1, 0.15) is 31.4 Å². The highest BCUT2D eigenvalue weighted by atomic mass is 35.5. The smallest absolute Gasteiger partial charge is 0.323 e. The number of hydrogen-bond acceptors (Lipinski definition) is 3. The number of carboxylic acid groups (broad SMARTS) is 1. The maximum atomic E-state index is 11.3. The van der Waals surface area contributed by atoms with Crippen LogP contribution in [-0.2, 0) is 17.8 Å². The molecule has 1 aromatic rings. The van der Waals surface area contributed by atoms with Gasteiger partial charge in [-0.1, -0.05) is 18.5 Å². The number of halogens is 1. The molecule has 0 saturated carbocycles. The highest BCUT2D eigenvalue weighted by Crippen LogP contribution is 2.33. The second-order valence-electron chi connectivity index (χ2n) is 5.00. The molecule has 1 unspecified atom stereocenters. The van der Waals surface area contributed by atoms with Gasteiger partial charge in [0, 0.05) is 23.6 Å². The molecule has 5 heteroatoms. The topological polar surface area (TPSA) is 58.6 Å². The predicted molar refractivity (Wildman–Crippen MR) is 73.8 cm³/mol. The second kappa shape index (κ2) is 5.39. The van der Waals surface area contributed by atoms with Gasteiger partial charge in [0.25, 0.3) is 0 Å². The largest absolute Gasteiger partial charge is 0.493 e. The van der Waals surface area contributed by atoms with Crippen molar-refractivity contribution in [2.24, 2.45) is 0 Å². The minimum absolute atomic E-state index is 0.430. The molecule has 1 aliphatic heterocycles. The van der Waals surface area contributed by atoms with Crippen molar-refractivity contribution in [2.75, 3.05) is 6.61 Å². The van der Waals surface area contributed by atoms with Crippen molar-refractivity contribution in [3.05, 3.63) is 28.3 Å². The number of hydrogen-bond donors (Lipinski definition) is 2. The molecule has 4 nitrogen and oxygen atoms in total. The molecule has 0 radical (unpaired) electrons. The van der Waals surface area contributed by atoms with E-state index in [1.165, 1.54) is 0 Å². The van der Waals surface area contributed by atoms with Crippen LogP contribution in [0.25, 0.3) is 0 Å². The van der Waals surface area contributed by atoms with Gasteiger partial charge < -0.3 is 9.84 Å². The van der Waals surface area contributed by atoms with Gasteiger partial charge >= 0.3 is 5.97 Å². The Labute approximate surface area is 117 Å². The van der Waals surface area contributed by atoms with Crippen molar-refractivity contribution in [1.29, 1.82) is 0 Å². The summed E-state index contributed by atoms with van der Waals surface area (Å²) in [6, 6.07) is 3.74. The van der Waals surface area contributed by atoms with Crippen molar-refractivity contribution in [1.82, 2.24) is 5.32 Å². The summed E-state index contributed by atoms with van der Waals surface area (Å²) >= 11 is 6.08. The minimum atomic E-state index is -0.937.